The summed E-state index contributed by atoms with van der Waals surface area (Å²) in [5, 5.41) is 8.12. The number of anilines is 1. The Balaban J connectivity index is 1.79. The molecule has 0 saturated heterocycles. The number of thiophene rings is 1. The number of amides is 1. The maximum Gasteiger partial charge on any atom is 0.265 e. The number of nitrogens with one attached hydrogen (secondary N) is 1. The zero-order valence-corrected chi connectivity index (χ0v) is 11.6. The van der Waals surface area contributed by atoms with E-state index in [0.717, 1.165) is 4.88 Å². The Morgan fingerprint density at radius 1 is 1.50 bits per heavy atom. The molecule has 1 amide bonds. The fourth-order valence-corrected chi connectivity index (χ4v) is 1.99. The lowest BCUT2D eigenvalue weighted by molar-refractivity contribution is -0.120. The van der Waals surface area contributed by atoms with Gasteiger partial charge in [-0.05, 0) is 36.1 Å². The second-order valence-corrected chi connectivity index (χ2v) is 5.01. The van der Waals surface area contributed by atoms with E-state index in [0.29, 0.717) is 11.3 Å². The van der Waals surface area contributed by atoms with Gasteiger partial charge in [-0.1, -0.05) is 17.3 Å². The fourth-order valence-electron chi connectivity index (χ4n) is 1.42. The third-order valence-corrected chi connectivity index (χ3v) is 3.26. The summed E-state index contributed by atoms with van der Waals surface area (Å²) in [6, 6.07) is 8.27. The molecule has 0 saturated carbocycles. The van der Waals surface area contributed by atoms with E-state index in [-0.39, 0.29) is 12.4 Å². The van der Waals surface area contributed by atoms with E-state index in [1.54, 1.807) is 19.1 Å². The molecule has 0 aliphatic carbocycles. The lowest BCUT2D eigenvalue weighted by Gasteiger charge is -2.05. The van der Waals surface area contributed by atoms with E-state index in [1.165, 1.54) is 23.6 Å². The van der Waals surface area contributed by atoms with Gasteiger partial charge in [0, 0.05) is 10.6 Å². The van der Waals surface area contributed by atoms with Crippen molar-refractivity contribution in [1.82, 2.24) is 0 Å². The van der Waals surface area contributed by atoms with Crippen molar-refractivity contribution in [3.8, 4) is 0 Å². The largest absolute Gasteiger partial charge is 0.386 e. The highest BCUT2D eigenvalue weighted by Gasteiger charge is 2.04. The number of halogens is 1. The average Bonchev–Trinajstić information content (AvgIpc) is 2.92. The number of nitrogens with zero attached hydrogens (tertiary/aromatic N) is 1. The molecule has 0 fully saturated rings. The second kappa shape index (κ2) is 6.81. The van der Waals surface area contributed by atoms with Gasteiger partial charge < -0.3 is 10.2 Å². The quantitative estimate of drug-likeness (QED) is 0.679. The predicted molar refractivity (Wildman–Crippen MR) is 77.6 cm³/mol. The van der Waals surface area contributed by atoms with Crippen LogP contribution >= 0.6 is 11.3 Å². The summed E-state index contributed by atoms with van der Waals surface area (Å²) in [4.78, 5) is 17.3. The molecule has 0 aliphatic heterocycles. The molecule has 0 bridgehead atoms. The summed E-state index contributed by atoms with van der Waals surface area (Å²) in [6.45, 7) is 1.43. The Hall–Kier alpha value is -2.21. The number of carbonyl (C=O) groups is 1. The van der Waals surface area contributed by atoms with Gasteiger partial charge in [0.2, 0.25) is 0 Å². The number of carbonyl (C=O) groups excluding carboxylic acids is 1. The van der Waals surface area contributed by atoms with Crippen LogP contribution in [0.2, 0.25) is 0 Å². The number of rotatable bonds is 5. The minimum atomic E-state index is -0.392. The van der Waals surface area contributed by atoms with E-state index in [2.05, 4.69) is 10.5 Å². The van der Waals surface area contributed by atoms with Gasteiger partial charge in [0.25, 0.3) is 5.91 Å². The molecule has 0 unspecified atom stereocenters. The molecule has 6 heteroatoms. The van der Waals surface area contributed by atoms with Crippen LogP contribution in [-0.4, -0.2) is 18.7 Å². The van der Waals surface area contributed by atoms with Crippen LogP contribution < -0.4 is 5.32 Å². The Kier molecular flexibility index (Phi) is 4.84. The van der Waals surface area contributed by atoms with Crippen LogP contribution in [0.4, 0.5) is 10.1 Å². The van der Waals surface area contributed by atoms with E-state index < -0.39 is 5.91 Å². The van der Waals surface area contributed by atoms with Gasteiger partial charge in [-0.25, -0.2) is 4.39 Å². The van der Waals surface area contributed by atoms with Crippen LogP contribution in [-0.2, 0) is 9.63 Å². The predicted octanol–water partition coefficient (Wildman–Crippen LogP) is 3.18. The molecule has 0 spiro atoms. The Bertz CT molecular complexity index is 612. The molecule has 1 aromatic heterocycles. The van der Waals surface area contributed by atoms with Crippen LogP contribution in [0, 0.1) is 12.7 Å². The molecule has 1 heterocycles. The number of benzene rings is 1. The summed E-state index contributed by atoms with van der Waals surface area (Å²) < 4.78 is 13.3. The molecule has 0 aliphatic rings. The number of oxime groups is 1. The molecule has 20 heavy (non-hydrogen) atoms. The molecular formula is C14H13FN2O2S. The SMILES string of the molecule is Cc1ccc(NC(=O)CO/N=C/c2cccs2)cc1F. The smallest absolute Gasteiger partial charge is 0.265 e. The summed E-state index contributed by atoms with van der Waals surface area (Å²) in [5.74, 6) is -0.754. The topological polar surface area (TPSA) is 50.7 Å². The first-order valence-corrected chi connectivity index (χ1v) is 6.78. The molecule has 0 radical (unpaired) electrons. The van der Waals surface area contributed by atoms with Gasteiger partial charge in [-0.2, -0.15) is 0 Å². The molecule has 4 nitrogen and oxygen atoms in total. The molecule has 104 valence electrons. The average molecular weight is 292 g/mol. The van der Waals surface area contributed by atoms with Crippen LogP contribution in [0.15, 0.2) is 40.9 Å². The van der Waals surface area contributed by atoms with Crippen LogP contribution in [0.5, 0.6) is 0 Å². The zero-order chi connectivity index (χ0) is 14.4. The van der Waals surface area contributed by atoms with E-state index in [9.17, 15) is 9.18 Å². The van der Waals surface area contributed by atoms with Crippen molar-refractivity contribution < 1.29 is 14.0 Å². The molecule has 2 rings (SSSR count). The lowest BCUT2D eigenvalue weighted by atomic mass is 10.2. The Morgan fingerprint density at radius 3 is 3.05 bits per heavy atom. The molecular weight excluding hydrogens is 279 g/mol. The monoisotopic (exact) mass is 292 g/mol. The summed E-state index contributed by atoms with van der Waals surface area (Å²) in [5.41, 5.74) is 0.920. The maximum absolute atomic E-state index is 13.3. The Morgan fingerprint density at radius 2 is 2.35 bits per heavy atom. The fraction of sp³-hybridized carbons (Fsp3) is 0.143. The summed E-state index contributed by atoms with van der Waals surface area (Å²) in [6.07, 6.45) is 1.53. The zero-order valence-electron chi connectivity index (χ0n) is 10.8. The lowest BCUT2D eigenvalue weighted by Crippen LogP contribution is -2.17. The van der Waals surface area contributed by atoms with Gasteiger partial charge >= 0.3 is 0 Å². The van der Waals surface area contributed by atoms with Crippen molar-refractivity contribution in [3.63, 3.8) is 0 Å². The van der Waals surface area contributed by atoms with Crippen LogP contribution in [0.3, 0.4) is 0 Å². The van der Waals surface area contributed by atoms with Gasteiger partial charge in [0.1, 0.15) is 5.82 Å². The maximum atomic E-state index is 13.3. The molecule has 1 aromatic carbocycles. The number of hydrogen-bond donors (Lipinski definition) is 1. The molecule has 0 atom stereocenters. The summed E-state index contributed by atoms with van der Waals surface area (Å²) in [7, 11) is 0. The third kappa shape index (κ3) is 4.17. The van der Waals surface area contributed by atoms with Crippen molar-refractivity contribution in [2.75, 3.05) is 11.9 Å². The van der Waals surface area contributed by atoms with Crippen LogP contribution in [0.25, 0.3) is 0 Å². The van der Waals surface area contributed by atoms with Gasteiger partial charge in [0.15, 0.2) is 6.61 Å². The van der Waals surface area contributed by atoms with E-state index in [4.69, 9.17) is 4.84 Å². The highest BCUT2D eigenvalue weighted by molar-refractivity contribution is 7.11. The summed E-state index contributed by atoms with van der Waals surface area (Å²) >= 11 is 1.52. The van der Waals surface area contributed by atoms with Gasteiger partial charge in [-0.15, -0.1) is 11.3 Å². The van der Waals surface area contributed by atoms with Crippen molar-refractivity contribution in [3.05, 3.63) is 52.0 Å². The van der Waals surface area contributed by atoms with Gasteiger partial charge in [0.05, 0.1) is 6.21 Å². The first-order chi connectivity index (χ1) is 9.65. The minimum absolute atomic E-state index is 0.225. The van der Waals surface area contributed by atoms with Crippen molar-refractivity contribution >= 4 is 29.1 Å². The van der Waals surface area contributed by atoms with E-state index in [1.807, 2.05) is 17.5 Å². The second-order valence-electron chi connectivity index (χ2n) is 4.04. The molecule has 1 N–H and O–H groups in total. The first-order valence-electron chi connectivity index (χ1n) is 5.90. The first kappa shape index (κ1) is 14.2. The normalized spacial score (nSPS) is 10.7. The third-order valence-electron chi connectivity index (χ3n) is 2.45. The minimum Gasteiger partial charge on any atom is -0.386 e. The van der Waals surface area contributed by atoms with Gasteiger partial charge in [-0.3, -0.25) is 4.79 Å². The van der Waals surface area contributed by atoms with Crippen molar-refractivity contribution in [2.45, 2.75) is 6.92 Å². The standard InChI is InChI=1S/C14H13FN2O2S/c1-10-4-5-11(7-13(10)15)17-14(18)9-19-16-8-12-3-2-6-20-12/h2-8H,9H2,1H3,(H,17,18)/b16-8+. The molecule has 2 aromatic rings. The van der Waals surface area contributed by atoms with Crippen molar-refractivity contribution in [1.29, 1.82) is 0 Å². The highest BCUT2D eigenvalue weighted by Crippen LogP contribution is 2.13. The van der Waals surface area contributed by atoms with Crippen LogP contribution in [0.1, 0.15) is 10.4 Å². The highest BCUT2D eigenvalue weighted by atomic mass is 32.1. The van der Waals surface area contributed by atoms with E-state index >= 15 is 0 Å². The Labute approximate surface area is 119 Å². The number of hydrogen-bond acceptors (Lipinski definition) is 4. The number of aryl methyl sites for hydroxylation is 1. The van der Waals surface area contributed by atoms with Crippen molar-refractivity contribution in [2.24, 2.45) is 5.16 Å².